The van der Waals surface area contributed by atoms with Crippen LogP contribution in [0.3, 0.4) is 0 Å². The van der Waals surface area contributed by atoms with Gasteiger partial charge < -0.3 is 14.2 Å². The Morgan fingerprint density at radius 1 is 1.37 bits per heavy atom. The number of thiazole rings is 1. The van der Waals surface area contributed by atoms with Crippen molar-refractivity contribution in [3.8, 4) is 11.5 Å². The van der Waals surface area contributed by atoms with Crippen molar-refractivity contribution in [2.24, 2.45) is 4.99 Å². The topological polar surface area (TPSA) is 90.3 Å². The van der Waals surface area contributed by atoms with Gasteiger partial charge >= 0.3 is 12.6 Å². The molecule has 0 aliphatic carbocycles. The van der Waals surface area contributed by atoms with Crippen molar-refractivity contribution in [1.82, 2.24) is 4.98 Å². The van der Waals surface area contributed by atoms with Crippen molar-refractivity contribution < 1.29 is 32.6 Å². The number of aliphatic imine (C=N–C) groups is 1. The third kappa shape index (κ3) is 4.62. The molecule has 0 unspecified atom stereocenters. The molecule has 0 saturated carbocycles. The molecule has 0 radical (unpaired) electrons. The van der Waals surface area contributed by atoms with Crippen molar-refractivity contribution in [2.75, 3.05) is 18.6 Å². The molecule has 0 bridgehead atoms. The van der Waals surface area contributed by atoms with Gasteiger partial charge in [-0.15, -0.1) is 11.3 Å². The lowest BCUT2D eigenvalue weighted by Gasteiger charge is -2.14. The monoisotopic (exact) mass is 437 g/mol. The van der Waals surface area contributed by atoms with Gasteiger partial charge in [0, 0.05) is 24.4 Å². The summed E-state index contributed by atoms with van der Waals surface area (Å²) in [5.41, 5.74) is 0.808. The summed E-state index contributed by atoms with van der Waals surface area (Å²) in [6, 6.07) is 4.06. The van der Waals surface area contributed by atoms with Crippen molar-refractivity contribution >= 4 is 40.3 Å². The maximum Gasteiger partial charge on any atom is 0.387 e. The highest BCUT2D eigenvalue weighted by Crippen LogP contribution is 2.31. The molecule has 1 aliphatic rings. The fourth-order valence-electron chi connectivity index (χ4n) is 2.63. The number of hydrogen-bond donors (Lipinski definition) is 0. The molecule has 8 nitrogen and oxygen atoms in total. The lowest BCUT2D eigenvalue weighted by molar-refractivity contribution is -0.130. The predicted octanol–water partition coefficient (Wildman–Crippen LogP) is 3.47. The average Bonchev–Trinajstić information content (AvgIpc) is 3.29. The number of nitrogens with zero attached hydrogens (tertiary/aromatic N) is 3. The van der Waals surface area contributed by atoms with E-state index >= 15 is 0 Å². The van der Waals surface area contributed by atoms with E-state index < -0.39 is 12.6 Å². The van der Waals surface area contributed by atoms with Gasteiger partial charge in [0.25, 0.3) is 0 Å². The van der Waals surface area contributed by atoms with Gasteiger partial charge in [-0.25, -0.2) is 14.8 Å². The predicted molar refractivity (Wildman–Crippen MR) is 106 cm³/mol. The number of alkyl halides is 2. The van der Waals surface area contributed by atoms with Crippen molar-refractivity contribution in [2.45, 2.75) is 20.5 Å². The van der Waals surface area contributed by atoms with Crippen LogP contribution in [0.25, 0.3) is 6.08 Å². The highest BCUT2D eigenvalue weighted by Gasteiger charge is 2.26. The van der Waals surface area contributed by atoms with Crippen LogP contribution in [-0.2, 0) is 14.3 Å². The van der Waals surface area contributed by atoms with Crippen LogP contribution in [0, 0.1) is 0 Å². The van der Waals surface area contributed by atoms with Crippen LogP contribution in [0.5, 0.6) is 11.5 Å². The Morgan fingerprint density at radius 2 is 2.13 bits per heavy atom. The van der Waals surface area contributed by atoms with Crippen LogP contribution in [0.15, 0.2) is 34.3 Å². The molecule has 3 rings (SSSR count). The summed E-state index contributed by atoms with van der Waals surface area (Å²) in [6.45, 7) is 0.740. The number of esters is 1. The van der Waals surface area contributed by atoms with E-state index in [1.165, 1.54) is 54.5 Å². The second-order valence-corrected chi connectivity index (χ2v) is 6.73. The molecule has 158 valence electrons. The Balaban J connectivity index is 1.86. The summed E-state index contributed by atoms with van der Waals surface area (Å²) in [7, 11) is 1.30. The quantitative estimate of drug-likeness (QED) is 0.487. The Kier molecular flexibility index (Phi) is 6.40. The molecule has 0 N–H and O–H groups in total. The van der Waals surface area contributed by atoms with E-state index in [-0.39, 0.29) is 29.0 Å². The highest BCUT2D eigenvalue weighted by atomic mass is 32.1. The third-order valence-electron chi connectivity index (χ3n) is 3.97. The van der Waals surface area contributed by atoms with E-state index in [1.807, 2.05) is 6.92 Å². The summed E-state index contributed by atoms with van der Waals surface area (Å²) in [4.78, 5) is 33.8. The minimum absolute atomic E-state index is 0.0116. The molecule has 2 heterocycles. The van der Waals surface area contributed by atoms with Crippen LogP contribution >= 0.6 is 11.3 Å². The molecule has 1 amide bonds. The lowest BCUT2D eigenvalue weighted by Crippen LogP contribution is -2.27. The molecule has 0 saturated heterocycles. The van der Waals surface area contributed by atoms with E-state index in [0.717, 1.165) is 0 Å². The van der Waals surface area contributed by atoms with Gasteiger partial charge in [-0.3, -0.25) is 9.69 Å². The lowest BCUT2D eigenvalue weighted by atomic mass is 10.2. The van der Waals surface area contributed by atoms with Gasteiger partial charge in [0.05, 0.1) is 12.8 Å². The summed E-state index contributed by atoms with van der Waals surface area (Å²) in [6.07, 6.45) is 1.44. The number of carbonyl (C=O) groups is 2. The highest BCUT2D eigenvalue weighted by molar-refractivity contribution is 7.14. The molecule has 0 fully saturated rings. The zero-order valence-electron chi connectivity index (χ0n) is 16.2. The van der Waals surface area contributed by atoms with Gasteiger partial charge in [0.2, 0.25) is 11.8 Å². The molecule has 11 heteroatoms. The Bertz CT molecular complexity index is 1030. The smallest absolute Gasteiger partial charge is 0.387 e. The first-order valence-corrected chi connectivity index (χ1v) is 9.59. The summed E-state index contributed by atoms with van der Waals surface area (Å²) >= 11 is 1.26. The number of benzene rings is 1. The molecule has 2 aromatic rings. The number of ether oxygens (including phenoxy) is 3. The van der Waals surface area contributed by atoms with E-state index in [1.54, 1.807) is 5.38 Å². The minimum Gasteiger partial charge on any atom is -0.493 e. The molecule has 0 atom stereocenters. The van der Waals surface area contributed by atoms with Gasteiger partial charge in [0.1, 0.15) is 0 Å². The Morgan fingerprint density at radius 3 is 2.77 bits per heavy atom. The van der Waals surface area contributed by atoms with E-state index in [0.29, 0.717) is 22.9 Å². The van der Waals surface area contributed by atoms with E-state index in [2.05, 4.69) is 14.7 Å². The number of amides is 1. The number of anilines is 1. The van der Waals surface area contributed by atoms with Crippen molar-refractivity contribution in [3.63, 3.8) is 0 Å². The maximum atomic E-state index is 12.5. The van der Waals surface area contributed by atoms with E-state index in [4.69, 9.17) is 9.47 Å². The molecular formula is C19H17F2N3O5S. The number of aromatic nitrogens is 1. The maximum absolute atomic E-state index is 12.5. The standard InChI is InChI=1S/C19H17F2N3O5S/c1-4-24(10(2)25)19-22-12(9-30-19)8-13-17(26)29-16(23-13)11-5-6-14(28-18(20)21)15(7-11)27-3/h5-9,18H,4H2,1-3H3/b13-8-. The zero-order valence-corrected chi connectivity index (χ0v) is 17.0. The molecule has 1 aromatic heterocycles. The minimum atomic E-state index is -3.00. The third-order valence-corrected chi connectivity index (χ3v) is 4.85. The summed E-state index contributed by atoms with van der Waals surface area (Å²) in [5, 5.41) is 2.19. The number of carbonyl (C=O) groups excluding carboxylic acids is 2. The SMILES string of the molecule is CCN(C(C)=O)c1nc(/C=C2\N=C(c3ccc(OC(F)F)c(OC)c3)OC2=O)cs1. The molecular weight excluding hydrogens is 420 g/mol. The Hall–Kier alpha value is -3.34. The van der Waals surface area contributed by atoms with Crippen LogP contribution in [0.4, 0.5) is 13.9 Å². The van der Waals surface area contributed by atoms with Crippen LogP contribution < -0.4 is 14.4 Å². The second kappa shape index (κ2) is 8.99. The van der Waals surface area contributed by atoms with E-state index in [9.17, 15) is 18.4 Å². The largest absolute Gasteiger partial charge is 0.493 e. The van der Waals surface area contributed by atoms with Crippen molar-refractivity contribution in [1.29, 1.82) is 0 Å². The number of hydrogen-bond acceptors (Lipinski definition) is 8. The van der Waals surface area contributed by atoms with Gasteiger partial charge in [-0.05, 0) is 31.2 Å². The van der Waals surface area contributed by atoms with Crippen molar-refractivity contribution in [3.05, 3.63) is 40.5 Å². The van der Waals surface area contributed by atoms with Crippen LogP contribution in [0.1, 0.15) is 25.1 Å². The fourth-order valence-corrected chi connectivity index (χ4v) is 3.52. The van der Waals surface area contributed by atoms with Crippen LogP contribution in [-0.4, -0.2) is 43.0 Å². The number of methoxy groups -OCH3 is 1. The summed E-state index contributed by atoms with van der Waals surface area (Å²) in [5.74, 6) is -0.956. The molecule has 0 spiro atoms. The summed E-state index contributed by atoms with van der Waals surface area (Å²) < 4.78 is 39.5. The van der Waals surface area contributed by atoms with Gasteiger partial charge in [-0.2, -0.15) is 8.78 Å². The van der Waals surface area contributed by atoms with Gasteiger partial charge in [-0.1, -0.05) is 0 Å². The first-order valence-electron chi connectivity index (χ1n) is 8.71. The van der Waals surface area contributed by atoms with Gasteiger partial charge in [0.15, 0.2) is 22.3 Å². The second-order valence-electron chi connectivity index (χ2n) is 5.90. The number of halogens is 2. The van der Waals surface area contributed by atoms with Crippen LogP contribution in [0.2, 0.25) is 0 Å². The number of cyclic esters (lactones) is 1. The number of rotatable bonds is 7. The first-order chi connectivity index (χ1) is 14.3. The molecule has 1 aromatic carbocycles. The first kappa shape index (κ1) is 21.4. The Labute approximate surface area is 174 Å². The zero-order chi connectivity index (χ0) is 21.8. The normalized spacial score (nSPS) is 14.7. The molecule has 1 aliphatic heterocycles. The molecule has 30 heavy (non-hydrogen) atoms. The fraction of sp³-hybridized carbons (Fsp3) is 0.263. The average molecular weight is 437 g/mol.